The van der Waals surface area contributed by atoms with Crippen molar-refractivity contribution in [1.82, 2.24) is 15.2 Å². The van der Waals surface area contributed by atoms with Crippen LogP contribution >= 0.6 is 0 Å². The molecule has 1 saturated heterocycles. The van der Waals surface area contributed by atoms with E-state index < -0.39 is 0 Å². The molecule has 112 valence electrons. The maximum Gasteiger partial charge on any atom is 0.0573 e. The number of rotatable bonds is 4. The molecule has 20 heavy (non-hydrogen) atoms. The van der Waals surface area contributed by atoms with Crippen molar-refractivity contribution in [3.8, 4) is 0 Å². The smallest absolute Gasteiger partial charge is 0.0573 e. The van der Waals surface area contributed by atoms with Crippen LogP contribution in [0.4, 0.5) is 0 Å². The van der Waals surface area contributed by atoms with Crippen LogP contribution in [0.5, 0.6) is 0 Å². The molecule has 1 N–H and O–H groups in total. The van der Waals surface area contributed by atoms with Crippen LogP contribution in [0.15, 0.2) is 18.3 Å². The molecule has 0 aromatic carbocycles. The molecule has 0 bridgehead atoms. The number of aryl methyl sites for hydroxylation is 1. The lowest BCUT2D eigenvalue weighted by atomic mass is 10.0. The van der Waals surface area contributed by atoms with E-state index in [-0.39, 0.29) is 0 Å². The number of nitrogens with zero attached hydrogens (tertiary/aromatic N) is 2. The first-order valence-electron chi connectivity index (χ1n) is 7.94. The van der Waals surface area contributed by atoms with E-state index in [4.69, 9.17) is 0 Å². The molecule has 1 aliphatic rings. The molecular formula is C17H29N3. The van der Waals surface area contributed by atoms with Crippen molar-refractivity contribution in [1.29, 1.82) is 0 Å². The van der Waals surface area contributed by atoms with Gasteiger partial charge in [0.05, 0.1) is 5.69 Å². The predicted molar refractivity (Wildman–Crippen MR) is 84.7 cm³/mol. The van der Waals surface area contributed by atoms with Gasteiger partial charge in [-0.15, -0.1) is 0 Å². The van der Waals surface area contributed by atoms with Gasteiger partial charge in [-0.3, -0.25) is 9.88 Å². The maximum atomic E-state index is 4.56. The Balaban J connectivity index is 2.05. The molecule has 2 heterocycles. The first kappa shape index (κ1) is 15.5. The van der Waals surface area contributed by atoms with Gasteiger partial charge in [0.25, 0.3) is 0 Å². The van der Waals surface area contributed by atoms with Crippen molar-refractivity contribution >= 4 is 0 Å². The number of hydrogen-bond donors (Lipinski definition) is 1. The summed E-state index contributed by atoms with van der Waals surface area (Å²) in [6.07, 6.45) is 4.39. The molecule has 0 amide bonds. The summed E-state index contributed by atoms with van der Waals surface area (Å²) in [6.45, 7) is 12.4. The fourth-order valence-corrected chi connectivity index (χ4v) is 3.03. The van der Waals surface area contributed by atoms with Crippen LogP contribution in [0.1, 0.15) is 44.9 Å². The molecule has 0 radical (unpaired) electrons. The molecule has 1 aromatic rings. The third-order valence-corrected chi connectivity index (χ3v) is 4.30. The summed E-state index contributed by atoms with van der Waals surface area (Å²) in [4.78, 5) is 7.16. The highest BCUT2D eigenvalue weighted by molar-refractivity contribution is 5.17. The Morgan fingerprint density at radius 1 is 1.45 bits per heavy atom. The third-order valence-electron chi connectivity index (χ3n) is 4.30. The van der Waals surface area contributed by atoms with Crippen molar-refractivity contribution in [3.05, 3.63) is 29.6 Å². The number of aromatic nitrogens is 1. The maximum absolute atomic E-state index is 4.56. The van der Waals surface area contributed by atoms with Crippen molar-refractivity contribution in [2.45, 2.75) is 59.2 Å². The normalized spacial score (nSPS) is 24.9. The Kier molecular flexibility index (Phi) is 5.55. The highest BCUT2D eigenvalue weighted by Gasteiger charge is 2.23. The molecule has 0 saturated carbocycles. The quantitative estimate of drug-likeness (QED) is 0.915. The zero-order chi connectivity index (χ0) is 14.5. The molecule has 2 rings (SSSR count). The van der Waals surface area contributed by atoms with E-state index in [9.17, 15) is 0 Å². The number of nitrogens with one attached hydrogen (secondary N) is 1. The molecule has 1 aliphatic heterocycles. The minimum atomic E-state index is 0.615. The van der Waals surface area contributed by atoms with Gasteiger partial charge in [-0.2, -0.15) is 0 Å². The summed E-state index contributed by atoms with van der Waals surface area (Å²) >= 11 is 0. The van der Waals surface area contributed by atoms with Gasteiger partial charge in [0.2, 0.25) is 0 Å². The van der Waals surface area contributed by atoms with Crippen molar-refractivity contribution < 1.29 is 0 Å². The average Bonchev–Trinajstić information content (AvgIpc) is 2.54. The van der Waals surface area contributed by atoms with Crippen LogP contribution in [0.25, 0.3) is 0 Å². The van der Waals surface area contributed by atoms with E-state index in [1.165, 1.54) is 24.1 Å². The largest absolute Gasteiger partial charge is 0.313 e. The van der Waals surface area contributed by atoms with Gasteiger partial charge in [0, 0.05) is 31.4 Å². The first-order valence-corrected chi connectivity index (χ1v) is 7.94. The van der Waals surface area contributed by atoms with Gasteiger partial charge in [-0.05, 0) is 50.8 Å². The van der Waals surface area contributed by atoms with Crippen LogP contribution in [0.3, 0.4) is 0 Å². The average molecular weight is 275 g/mol. The predicted octanol–water partition coefficient (Wildman–Crippen LogP) is 2.99. The lowest BCUT2D eigenvalue weighted by molar-refractivity contribution is 0.187. The lowest BCUT2D eigenvalue weighted by Crippen LogP contribution is -2.40. The third kappa shape index (κ3) is 4.29. The first-order chi connectivity index (χ1) is 9.56. The minimum absolute atomic E-state index is 0.615. The number of pyridine rings is 1. The van der Waals surface area contributed by atoms with Crippen LogP contribution in [-0.4, -0.2) is 35.1 Å². The van der Waals surface area contributed by atoms with E-state index in [1.54, 1.807) is 0 Å². The molecule has 3 heteroatoms. The second kappa shape index (κ2) is 7.19. The van der Waals surface area contributed by atoms with Gasteiger partial charge in [-0.25, -0.2) is 0 Å². The van der Waals surface area contributed by atoms with Gasteiger partial charge < -0.3 is 5.32 Å². The van der Waals surface area contributed by atoms with E-state index in [1.807, 2.05) is 12.3 Å². The monoisotopic (exact) mass is 275 g/mol. The van der Waals surface area contributed by atoms with E-state index in [0.29, 0.717) is 12.1 Å². The molecule has 0 aliphatic carbocycles. The molecule has 1 aromatic heterocycles. The topological polar surface area (TPSA) is 28.2 Å². The van der Waals surface area contributed by atoms with Crippen LogP contribution in [-0.2, 0) is 6.54 Å². The summed E-state index contributed by atoms with van der Waals surface area (Å²) in [5, 5.41) is 3.71. The Morgan fingerprint density at radius 2 is 2.25 bits per heavy atom. The zero-order valence-corrected chi connectivity index (χ0v) is 13.4. The minimum Gasteiger partial charge on any atom is -0.313 e. The lowest BCUT2D eigenvalue weighted by Gasteiger charge is -2.29. The molecule has 1 fully saturated rings. The Morgan fingerprint density at radius 3 is 2.95 bits per heavy atom. The fraction of sp³-hybridized carbons (Fsp3) is 0.706. The van der Waals surface area contributed by atoms with E-state index in [2.05, 4.69) is 49.0 Å². The summed E-state index contributed by atoms with van der Waals surface area (Å²) in [7, 11) is 0. The van der Waals surface area contributed by atoms with Crippen LogP contribution < -0.4 is 5.32 Å². The second-order valence-electron chi connectivity index (χ2n) is 6.61. The number of hydrogen-bond acceptors (Lipinski definition) is 3. The Bertz CT molecular complexity index is 416. The summed E-state index contributed by atoms with van der Waals surface area (Å²) in [5.74, 6) is 0.749. The van der Waals surface area contributed by atoms with Gasteiger partial charge in [0.15, 0.2) is 0 Å². The van der Waals surface area contributed by atoms with Crippen molar-refractivity contribution in [2.75, 3.05) is 13.1 Å². The summed E-state index contributed by atoms with van der Waals surface area (Å²) < 4.78 is 0. The summed E-state index contributed by atoms with van der Waals surface area (Å²) in [5.41, 5.74) is 2.53. The Labute approximate surface area is 123 Å². The highest BCUT2D eigenvalue weighted by Crippen LogP contribution is 2.17. The van der Waals surface area contributed by atoms with Crippen LogP contribution in [0.2, 0.25) is 0 Å². The standard InChI is InChI=1S/C17H29N3/c1-13(2)10-16-11-20(15(4)7-9-18-16)12-17-14(3)6-5-8-19-17/h5-6,8,13,15-16,18H,7,9-12H2,1-4H3. The molecule has 2 unspecified atom stereocenters. The van der Waals surface area contributed by atoms with Crippen LogP contribution in [0, 0.1) is 12.8 Å². The van der Waals surface area contributed by atoms with Gasteiger partial charge in [0.1, 0.15) is 0 Å². The molecule has 3 nitrogen and oxygen atoms in total. The molecule has 2 atom stereocenters. The van der Waals surface area contributed by atoms with Gasteiger partial charge in [-0.1, -0.05) is 19.9 Å². The van der Waals surface area contributed by atoms with E-state index in [0.717, 1.165) is 25.6 Å². The SMILES string of the molecule is Cc1cccnc1CN1CC(CC(C)C)NCCC1C. The van der Waals surface area contributed by atoms with Crippen molar-refractivity contribution in [3.63, 3.8) is 0 Å². The second-order valence-corrected chi connectivity index (χ2v) is 6.61. The van der Waals surface area contributed by atoms with Crippen molar-refractivity contribution in [2.24, 2.45) is 5.92 Å². The van der Waals surface area contributed by atoms with Gasteiger partial charge >= 0.3 is 0 Å². The summed E-state index contributed by atoms with van der Waals surface area (Å²) in [6, 6.07) is 5.42. The fourth-order valence-electron chi connectivity index (χ4n) is 3.03. The van der Waals surface area contributed by atoms with E-state index >= 15 is 0 Å². The molecule has 0 spiro atoms. The zero-order valence-electron chi connectivity index (χ0n) is 13.4. The highest BCUT2D eigenvalue weighted by atomic mass is 15.2. The molecular weight excluding hydrogens is 246 g/mol. The Hall–Kier alpha value is -0.930.